The Kier molecular flexibility index (Phi) is 6.92. The molecule has 3 aromatic rings. The van der Waals surface area contributed by atoms with Gasteiger partial charge >= 0.3 is 0 Å². The fourth-order valence-corrected chi connectivity index (χ4v) is 4.39. The van der Waals surface area contributed by atoms with Gasteiger partial charge in [0, 0.05) is 11.3 Å². The molecule has 1 aliphatic heterocycles. The smallest absolute Gasteiger partial charge is 0.300 e. The van der Waals surface area contributed by atoms with Gasteiger partial charge in [0.2, 0.25) is 0 Å². The Hall–Kier alpha value is -4.06. The number of carbonyl (C=O) groups is 2. The quantitative estimate of drug-likeness (QED) is 0.271. The van der Waals surface area contributed by atoms with E-state index in [0.717, 1.165) is 16.7 Å². The molecular formula is C29H29NO5. The summed E-state index contributed by atoms with van der Waals surface area (Å²) in [5.41, 5.74) is 3.60. The van der Waals surface area contributed by atoms with Crippen LogP contribution in [0.5, 0.6) is 11.5 Å². The number of anilines is 1. The molecule has 1 heterocycles. The summed E-state index contributed by atoms with van der Waals surface area (Å²) < 4.78 is 11.1. The van der Waals surface area contributed by atoms with Gasteiger partial charge in [-0.05, 0) is 81.3 Å². The van der Waals surface area contributed by atoms with Gasteiger partial charge in [-0.3, -0.25) is 14.5 Å². The van der Waals surface area contributed by atoms with Crippen LogP contribution in [0.15, 0.2) is 72.3 Å². The van der Waals surface area contributed by atoms with Gasteiger partial charge in [0.05, 0.1) is 24.8 Å². The molecule has 1 atom stereocenters. The predicted molar refractivity (Wildman–Crippen MR) is 136 cm³/mol. The fourth-order valence-electron chi connectivity index (χ4n) is 4.39. The van der Waals surface area contributed by atoms with E-state index in [1.165, 1.54) is 4.90 Å². The second-order valence-corrected chi connectivity index (χ2v) is 8.42. The van der Waals surface area contributed by atoms with Crippen molar-refractivity contribution in [3.8, 4) is 11.5 Å². The van der Waals surface area contributed by atoms with Crippen LogP contribution in [0.3, 0.4) is 0 Å². The summed E-state index contributed by atoms with van der Waals surface area (Å²) in [6.07, 6.45) is 0. The SMILES string of the molecule is CCOc1ccc(N2C(=O)C(=O)/C(=C(\O)c3ccc(OCC)c(C)c3)C2c2cccc(C)c2)cc1. The van der Waals surface area contributed by atoms with Crippen molar-refractivity contribution < 1.29 is 24.2 Å². The highest BCUT2D eigenvalue weighted by Gasteiger charge is 2.47. The lowest BCUT2D eigenvalue weighted by molar-refractivity contribution is -0.132. The van der Waals surface area contributed by atoms with E-state index in [0.29, 0.717) is 36.0 Å². The molecule has 0 spiro atoms. The maximum Gasteiger partial charge on any atom is 0.300 e. The molecule has 0 radical (unpaired) electrons. The molecule has 1 amide bonds. The minimum Gasteiger partial charge on any atom is -0.507 e. The van der Waals surface area contributed by atoms with E-state index in [1.807, 2.05) is 52.0 Å². The molecule has 0 saturated carbocycles. The number of ketones is 1. The third kappa shape index (κ3) is 4.64. The Morgan fingerprint density at radius 1 is 0.914 bits per heavy atom. The fraction of sp³-hybridized carbons (Fsp3) is 0.241. The number of aliphatic hydroxyl groups is 1. The summed E-state index contributed by atoms with van der Waals surface area (Å²) in [5.74, 6) is -0.257. The molecule has 0 aromatic heterocycles. The number of benzene rings is 3. The van der Waals surface area contributed by atoms with E-state index in [1.54, 1.807) is 42.5 Å². The van der Waals surface area contributed by atoms with Gasteiger partial charge in [-0.25, -0.2) is 0 Å². The highest BCUT2D eigenvalue weighted by atomic mass is 16.5. The normalized spacial score (nSPS) is 17.0. The van der Waals surface area contributed by atoms with Crippen molar-refractivity contribution in [2.45, 2.75) is 33.7 Å². The highest BCUT2D eigenvalue weighted by molar-refractivity contribution is 6.51. The van der Waals surface area contributed by atoms with Crippen LogP contribution in [0.4, 0.5) is 5.69 Å². The van der Waals surface area contributed by atoms with Crippen LogP contribution in [-0.4, -0.2) is 30.0 Å². The summed E-state index contributed by atoms with van der Waals surface area (Å²) in [6, 6.07) is 19.1. The topological polar surface area (TPSA) is 76.1 Å². The molecule has 6 nitrogen and oxygen atoms in total. The Labute approximate surface area is 205 Å². The molecule has 35 heavy (non-hydrogen) atoms. The molecule has 4 rings (SSSR count). The van der Waals surface area contributed by atoms with E-state index >= 15 is 0 Å². The van der Waals surface area contributed by atoms with Crippen molar-refractivity contribution in [1.82, 2.24) is 0 Å². The maximum absolute atomic E-state index is 13.3. The van der Waals surface area contributed by atoms with Gasteiger partial charge in [-0.2, -0.15) is 0 Å². The Morgan fingerprint density at radius 3 is 2.26 bits per heavy atom. The van der Waals surface area contributed by atoms with Gasteiger partial charge < -0.3 is 14.6 Å². The van der Waals surface area contributed by atoms with Crippen LogP contribution in [0.25, 0.3) is 5.76 Å². The van der Waals surface area contributed by atoms with Crippen molar-refractivity contribution >= 4 is 23.1 Å². The number of amides is 1. The van der Waals surface area contributed by atoms with Gasteiger partial charge in [-0.1, -0.05) is 29.8 Å². The first-order chi connectivity index (χ1) is 16.8. The van der Waals surface area contributed by atoms with Crippen molar-refractivity contribution in [1.29, 1.82) is 0 Å². The summed E-state index contributed by atoms with van der Waals surface area (Å²) in [4.78, 5) is 28.1. The number of Topliss-reactive ketones (excluding diaryl/α,β-unsaturated/α-hetero) is 1. The van der Waals surface area contributed by atoms with E-state index in [4.69, 9.17) is 9.47 Å². The summed E-state index contributed by atoms with van der Waals surface area (Å²) in [7, 11) is 0. The average Bonchev–Trinajstić information content (AvgIpc) is 3.11. The molecule has 1 N–H and O–H groups in total. The monoisotopic (exact) mass is 471 g/mol. The van der Waals surface area contributed by atoms with E-state index in [9.17, 15) is 14.7 Å². The number of nitrogens with zero attached hydrogens (tertiary/aromatic N) is 1. The minimum atomic E-state index is -0.778. The second kappa shape index (κ2) is 10.1. The van der Waals surface area contributed by atoms with Crippen LogP contribution < -0.4 is 14.4 Å². The van der Waals surface area contributed by atoms with E-state index < -0.39 is 17.7 Å². The molecule has 1 fully saturated rings. The Balaban J connectivity index is 1.88. The summed E-state index contributed by atoms with van der Waals surface area (Å²) in [5, 5.41) is 11.4. The highest BCUT2D eigenvalue weighted by Crippen LogP contribution is 2.43. The molecular weight excluding hydrogens is 442 g/mol. The molecule has 1 saturated heterocycles. The average molecular weight is 472 g/mol. The molecule has 0 aliphatic carbocycles. The van der Waals surface area contributed by atoms with Crippen LogP contribution in [0, 0.1) is 13.8 Å². The lowest BCUT2D eigenvalue weighted by atomic mass is 9.94. The first kappa shape index (κ1) is 24.1. The van der Waals surface area contributed by atoms with Gasteiger partial charge in [0.1, 0.15) is 17.3 Å². The van der Waals surface area contributed by atoms with E-state index in [2.05, 4.69) is 0 Å². The summed E-state index contributed by atoms with van der Waals surface area (Å²) >= 11 is 0. The Bertz CT molecular complexity index is 1290. The van der Waals surface area contributed by atoms with Crippen molar-refractivity contribution in [2.75, 3.05) is 18.1 Å². The van der Waals surface area contributed by atoms with Crippen LogP contribution in [-0.2, 0) is 9.59 Å². The van der Waals surface area contributed by atoms with Gasteiger partial charge in [-0.15, -0.1) is 0 Å². The van der Waals surface area contributed by atoms with Gasteiger partial charge in [0.25, 0.3) is 11.7 Å². The number of aliphatic hydroxyl groups excluding tert-OH is 1. The molecule has 0 bridgehead atoms. The number of carbonyl (C=O) groups excluding carboxylic acids is 2. The zero-order valence-corrected chi connectivity index (χ0v) is 20.4. The van der Waals surface area contributed by atoms with Crippen LogP contribution >= 0.6 is 0 Å². The summed E-state index contributed by atoms with van der Waals surface area (Å²) in [6.45, 7) is 8.66. The minimum absolute atomic E-state index is 0.0537. The maximum atomic E-state index is 13.3. The number of hydrogen-bond acceptors (Lipinski definition) is 5. The lowest BCUT2D eigenvalue weighted by Crippen LogP contribution is -2.29. The Morgan fingerprint density at radius 2 is 1.63 bits per heavy atom. The molecule has 1 unspecified atom stereocenters. The number of ether oxygens (including phenoxy) is 2. The predicted octanol–water partition coefficient (Wildman–Crippen LogP) is 5.73. The van der Waals surface area contributed by atoms with Crippen molar-refractivity contribution in [2.24, 2.45) is 0 Å². The van der Waals surface area contributed by atoms with E-state index in [-0.39, 0.29) is 11.3 Å². The number of hydrogen-bond donors (Lipinski definition) is 1. The largest absolute Gasteiger partial charge is 0.507 e. The van der Waals surface area contributed by atoms with Gasteiger partial charge in [0.15, 0.2) is 0 Å². The standard InChI is InChI=1S/C29H29NO5/c1-5-34-23-13-11-22(12-14-23)30-26(20-9-7-8-18(3)16-20)25(28(32)29(30)33)27(31)21-10-15-24(35-6-2)19(4)17-21/h7-17,26,31H,5-6H2,1-4H3/b27-25-. The number of aryl methyl sites for hydroxylation is 2. The van der Waals surface area contributed by atoms with Crippen LogP contribution in [0.1, 0.15) is 42.1 Å². The first-order valence-electron chi connectivity index (χ1n) is 11.7. The lowest BCUT2D eigenvalue weighted by Gasteiger charge is -2.26. The van der Waals surface area contributed by atoms with Crippen molar-refractivity contribution in [3.63, 3.8) is 0 Å². The van der Waals surface area contributed by atoms with Crippen LogP contribution in [0.2, 0.25) is 0 Å². The number of rotatable bonds is 7. The second-order valence-electron chi connectivity index (χ2n) is 8.42. The molecule has 180 valence electrons. The molecule has 3 aromatic carbocycles. The zero-order valence-electron chi connectivity index (χ0n) is 20.4. The molecule has 6 heteroatoms. The first-order valence-corrected chi connectivity index (χ1v) is 11.7. The molecule has 1 aliphatic rings. The van der Waals surface area contributed by atoms with Crippen molar-refractivity contribution in [3.05, 3.63) is 94.6 Å². The third-order valence-corrected chi connectivity index (χ3v) is 5.98. The zero-order chi connectivity index (χ0) is 25.1. The third-order valence-electron chi connectivity index (χ3n) is 5.98.